The first-order valence-electron chi connectivity index (χ1n) is 8.52. The van der Waals surface area contributed by atoms with E-state index in [0.29, 0.717) is 5.75 Å². The number of nitrogens with two attached hydrogens (primary N) is 1. The minimum atomic E-state index is -1.53. The quantitative estimate of drug-likeness (QED) is 0.714. The molecule has 146 valence electrons. The summed E-state index contributed by atoms with van der Waals surface area (Å²) in [5.74, 6) is -0.216. The van der Waals surface area contributed by atoms with Gasteiger partial charge in [-0.3, -0.25) is 4.79 Å². The number of benzene rings is 1. The number of ether oxygens (including phenoxy) is 2. The van der Waals surface area contributed by atoms with Crippen LogP contribution >= 0.6 is 0 Å². The lowest BCUT2D eigenvalue weighted by molar-refractivity contribution is -0.127. The van der Waals surface area contributed by atoms with Gasteiger partial charge in [0.1, 0.15) is 17.0 Å². The minimum Gasteiger partial charge on any atom is -0.488 e. The average molecular weight is 366 g/mol. The summed E-state index contributed by atoms with van der Waals surface area (Å²) in [5.41, 5.74) is 4.97. The van der Waals surface area contributed by atoms with Crippen LogP contribution in [0.5, 0.6) is 5.75 Å². The Hall–Kier alpha value is -2.28. The second kappa shape index (κ2) is 8.40. The van der Waals surface area contributed by atoms with Gasteiger partial charge < -0.3 is 25.6 Å². The third-order valence-electron chi connectivity index (χ3n) is 3.18. The van der Waals surface area contributed by atoms with Crippen LogP contribution in [0, 0.1) is 0 Å². The van der Waals surface area contributed by atoms with Gasteiger partial charge >= 0.3 is 6.09 Å². The van der Waals surface area contributed by atoms with Crippen molar-refractivity contribution in [1.82, 2.24) is 5.32 Å². The third-order valence-corrected chi connectivity index (χ3v) is 3.18. The maximum Gasteiger partial charge on any atom is 0.407 e. The number of alkyl carbamates (subject to hydrolysis) is 1. The third kappa shape index (κ3) is 8.20. The molecule has 7 heteroatoms. The predicted molar refractivity (Wildman–Crippen MR) is 98.9 cm³/mol. The number of aliphatic hydroxyl groups excluding tert-OH is 1. The van der Waals surface area contributed by atoms with E-state index in [4.69, 9.17) is 15.2 Å². The number of hydrogen-bond donors (Lipinski definition) is 3. The lowest BCUT2D eigenvalue weighted by Gasteiger charge is -2.26. The van der Waals surface area contributed by atoms with Crippen molar-refractivity contribution in [3.05, 3.63) is 29.8 Å². The van der Waals surface area contributed by atoms with Crippen LogP contribution in [0.3, 0.4) is 0 Å². The van der Waals surface area contributed by atoms with E-state index in [9.17, 15) is 14.7 Å². The van der Waals surface area contributed by atoms with Gasteiger partial charge in [0.05, 0.1) is 6.04 Å². The first-order chi connectivity index (χ1) is 11.8. The normalized spacial score (nSPS) is 14.3. The predicted octanol–water partition coefficient (Wildman–Crippen LogP) is 2.15. The zero-order valence-electron chi connectivity index (χ0n) is 16.3. The first kappa shape index (κ1) is 21.8. The van der Waals surface area contributed by atoms with Gasteiger partial charge in [-0.05, 0) is 65.7 Å². The van der Waals surface area contributed by atoms with Crippen LogP contribution in [0.2, 0.25) is 0 Å². The second-order valence-electron chi connectivity index (χ2n) is 8.16. The van der Waals surface area contributed by atoms with Crippen molar-refractivity contribution in [2.75, 3.05) is 0 Å². The van der Waals surface area contributed by atoms with Gasteiger partial charge in [-0.25, -0.2) is 4.79 Å². The number of primary amides is 1. The average Bonchev–Trinajstić information content (AvgIpc) is 2.44. The fourth-order valence-corrected chi connectivity index (χ4v) is 2.20. The molecule has 0 saturated carbocycles. The van der Waals surface area contributed by atoms with Gasteiger partial charge in [-0.2, -0.15) is 0 Å². The van der Waals surface area contributed by atoms with Crippen LogP contribution in [-0.4, -0.2) is 40.5 Å². The summed E-state index contributed by atoms with van der Waals surface area (Å²) in [6, 6.07) is 6.29. The second-order valence-corrected chi connectivity index (χ2v) is 8.16. The number of carbonyl (C=O) groups is 2. The molecule has 0 radical (unpaired) electrons. The van der Waals surface area contributed by atoms with E-state index >= 15 is 0 Å². The molecule has 1 aromatic rings. The molecule has 4 N–H and O–H groups in total. The van der Waals surface area contributed by atoms with Crippen LogP contribution in [0.15, 0.2) is 24.3 Å². The van der Waals surface area contributed by atoms with E-state index in [-0.39, 0.29) is 12.0 Å². The first-order valence-corrected chi connectivity index (χ1v) is 8.52. The van der Waals surface area contributed by atoms with Gasteiger partial charge in [0.25, 0.3) is 0 Å². The zero-order valence-corrected chi connectivity index (χ0v) is 16.3. The molecule has 0 aromatic heterocycles. The molecule has 1 aromatic carbocycles. The van der Waals surface area contributed by atoms with Crippen molar-refractivity contribution in [2.24, 2.45) is 5.73 Å². The fourth-order valence-electron chi connectivity index (χ4n) is 2.20. The van der Waals surface area contributed by atoms with Crippen LogP contribution in [0.25, 0.3) is 0 Å². The summed E-state index contributed by atoms with van der Waals surface area (Å²) in [7, 11) is 0. The SMILES string of the molecule is CC(C)(C)OC(=O)N[C@@H](Cc1ccc(OC(C)(C)C)cc1)C(O)C(N)=O. The smallest absolute Gasteiger partial charge is 0.407 e. The molecule has 0 fully saturated rings. The summed E-state index contributed by atoms with van der Waals surface area (Å²) in [6.45, 7) is 11.0. The van der Waals surface area contributed by atoms with Crippen molar-refractivity contribution >= 4 is 12.0 Å². The minimum absolute atomic E-state index is 0.207. The summed E-state index contributed by atoms with van der Waals surface area (Å²) < 4.78 is 10.9. The van der Waals surface area contributed by atoms with Crippen LogP contribution in [0.1, 0.15) is 47.1 Å². The van der Waals surface area contributed by atoms with Crippen molar-refractivity contribution in [3.8, 4) is 5.75 Å². The van der Waals surface area contributed by atoms with Gasteiger partial charge in [-0.1, -0.05) is 12.1 Å². The Morgan fingerprint density at radius 2 is 1.62 bits per heavy atom. The van der Waals surface area contributed by atoms with Crippen molar-refractivity contribution in [2.45, 2.75) is 71.3 Å². The number of carbonyl (C=O) groups excluding carboxylic acids is 2. The maximum absolute atomic E-state index is 12.0. The number of rotatable bonds is 6. The lowest BCUT2D eigenvalue weighted by Crippen LogP contribution is -2.51. The van der Waals surface area contributed by atoms with E-state index in [0.717, 1.165) is 5.56 Å². The van der Waals surface area contributed by atoms with Gasteiger partial charge in [0, 0.05) is 0 Å². The molecule has 2 atom stereocenters. The molecule has 0 aliphatic heterocycles. The maximum atomic E-state index is 12.0. The number of hydrogen-bond acceptors (Lipinski definition) is 5. The molecular formula is C19H30N2O5. The highest BCUT2D eigenvalue weighted by molar-refractivity contribution is 5.80. The molecule has 0 aliphatic rings. The van der Waals surface area contributed by atoms with Crippen molar-refractivity contribution < 1.29 is 24.2 Å². The number of nitrogens with one attached hydrogen (secondary N) is 1. The van der Waals surface area contributed by atoms with Crippen molar-refractivity contribution in [1.29, 1.82) is 0 Å². The molecule has 2 amide bonds. The molecular weight excluding hydrogens is 336 g/mol. The Morgan fingerprint density at radius 3 is 2.04 bits per heavy atom. The summed E-state index contributed by atoms with van der Waals surface area (Å²) in [4.78, 5) is 23.3. The van der Waals surface area contributed by atoms with E-state index in [1.54, 1.807) is 45.0 Å². The Labute approximate surface area is 154 Å². The van der Waals surface area contributed by atoms with Gasteiger partial charge in [-0.15, -0.1) is 0 Å². The number of amides is 2. The van der Waals surface area contributed by atoms with Crippen LogP contribution in [0.4, 0.5) is 4.79 Å². The van der Waals surface area contributed by atoms with Crippen LogP contribution in [-0.2, 0) is 16.0 Å². The molecule has 0 aliphatic carbocycles. The highest BCUT2D eigenvalue weighted by atomic mass is 16.6. The summed E-state index contributed by atoms with van der Waals surface area (Å²) >= 11 is 0. The Balaban J connectivity index is 2.85. The Kier molecular flexibility index (Phi) is 7.03. The Morgan fingerprint density at radius 1 is 1.08 bits per heavy atom. The van der Waals surface area contributed by atoms with E-state index in [1.165, 1.54) is 0 Å². The van der Waals surface area contributed by atoms with Gasteiger partial charge in [0.15, 0.2) is 6.10 Å². The Bertz CT molecular complexity index is 614. The van der Waals surface area contributed by atoms with E-state index in [2.05, 4.69) is 5.32 Å². The summed E-state index contributed by atoms with van der Waals surface area (Å²) in [6.07, 6.45) is -2.05. The molecule has 0 saturated heterocycles. The molecule has 1 unspecified atom stereocenters. The monoisotopic (exact) mass is 366 g/mol. The lowest BCUT2D eigenvalue weighted by atomic mass is 10.0. The molecule has 0 bridgehead atoms. The largest absolute Gasteiger partial charge is 0.488 e. The molecule has 0 spiro atoms. The van der Waals surface area contributed by atoms with E-state index < -0.39 is 29.7 Å². The zero-order chi connectivity index (χ0) is 20.1. The molecule has 7 nitrogen and oxygen atoms in total. The topological polar surface area (TPSA) is 111 Å². The molecule has 1 rings (SSSR count). The van der Waals surface area contributed by atoms with Crippen LogP contribution < -0.4 is 15.8 Å². The standard InChI is InChI=1S/C19H30N2O5/c1-18(2,3)25-13-9-7-12(8-10-13)11-14(15(22)16(20)23)21-17(24)26-19(4,5)6/h7-10,14-15,22H,11H2,1-6H3,(H2,20,23)(H,21,24)/t14-,15?/m0/s1. The van der Waals surface area contributed by atoms with E-state index in [1.807, 2.05) is 20.8 Å². The summed E-state index contributed by atoms with van der Waals surface area (Å²) in [5, 5.41) is 12.5. The molecule has 26 heavy (non-hydrogen) atoms. The molecule has 0 heterocycles. The number of aliphatic hydroxyl groups is 1. The highest BCUT2D eigenvalue weighted by Gasteiger charge is 2.28. The van der Waals surface area contributed by atoms with Crippen molar-refractivity contribution in [3.63, 3.8) is 0 Å². The fraction of sp³-hybridized carbons (Fsp3) is 0.579. The van der Waals surface area contributed by atoms with Gasteiger partial charge in [0.2, 0.25) is 5.91 Å². The highest BCUT2D eigenvalue weighted by Crippen LogP contribution is 2.19.